The predicted octanol–water partition coefficient (Wildman–Crippen LogP) is 3.05. The Labute approximate surface area is 119 Å². The summed E-state index contributed by atoms with van der Waals surface area (Å²) in [5.74, 6) is 2.25. The SMILES string of the molecule is CNC(C)c1cccc(OCc2noc(C(C)C)n2)c1. The molecule has 1 aromatic carbocycles. The molecular formula is C15H21N3O2. The van der Waals surface area contributed by atoms with Crippen molar-refractivity contribution in [2.75, 3.05) is 7.05 Å². The first kappa shape index (κ1) is 14.5. The number of ether oxygens (including phenoxy) is 1. The minimum Gasteiger partial charge on any atom is -0.485 e. The largest absolute Gasteiger partial charge is 0.485 e. The smallest absolute Gasteiger partial charge is 0.229 e. The van der Waals surface area contributed by atoms with E-state index < -0.39 is 0 Å². The molecule has 1 unspecified atom stereocenters. The fourth-order valence-electron chi connectivity index (χ4n) is 1.75. The summed E-state index contributed by atoms with van der Waals surface area (Å²) in [7, 11) is 1.94. The number of nitrogens with one attached hydrogen (secondary N) is 1. The summed E-state index contributed by atoms with van der Waals surface area (Å²) in [4.78, 5) is 4.28. The van der Waals surface area contributed by atoms with Crippen molar-refractivity contribution in [2.24, 2.45) is 0 Å². The molecule has 1 N–H and O–H groups in total. The van der Waals surface area contributed by atoms with Gasteiger partial charge in [-0.05, 0) is 31.7 Å². The van der Waals surface area contributed by atoms with E-state index in [0.717, 1.165) is 5.75 Å². The van der Waals surface area contributed by atoms with Gasteiger partial charge in [0.15, 0.2) is 6.61 Å². The van der Waals surface area contributed by atoms with Crippen molar-refractivity contribution < 1.29 is 9.26 Å². The molecule has 0 amide bonds. The van der Waals surface area contributed by atoms with Gasteiger partial charge >= 0.3 is 0 Å². The third-order valence-electron chi connectivity index (χ3n) is 3.14. The molecule has 0 aliphatic rings. The van der Waals surface area contributed by atoms with Gasteiger partial charge < -0.3 is 14.6 Å². The molecule has 108 valence electrons. The molecule has 0 radical (unpaired) electrons. The normalized spacial score (nSPS) is 12.7. The monoisotopic (exact) mass is 275 g/mol. The molecule has 2 rings (SSSR count). The van der Waals surface area contributed by atoms with Crippen LogP contribution in [0.1, 0.15) is 50.0 Å². The molecule has 5 nitrogen and oxygen atoms in total. The molecule has 0 saturated heterocycles. The van der Waals surface area contributed by atoms with Gasteiger partial charge in [-0.15, -0.1) is 0 Å². The lowest BCUT2D eigenvalue weighted by Crippen LogP contribution is -2.12. The molecule has 0 spiro atoms. The quantitative estimate of drug-likeness (QED) is 0.878. The average Bonchev–Trinajstić information content (AvgIpc) is 2.93. The second-order valence-electron chi connectivity index (χ2n) is 5.08. The van der Waals surface area contributed by atoms with Crippen LogP contribution in [-0.4, -0.2) is 17.2 Å². The second-order valence-corrected chi connectivity index (χ2v) is 5.08. The van der Waals surface area contributed by atoms with Crippen LogP contribution in [0, 0.1) is 0 Å². The van der Waals surface area contributed by atoms with Crippen molar-refractivity contribution in [3.05, 3.63) is 41.5 Å². The number of rotatable bonds is 6. The fourth-order valence-corrected chi connectivity index (χ4v) is 1.75. The maximum atomic E-state index is 5.71. The standard InChI is InChI=1S/C15H21N3O2/c1-10(2)15-17-14(18-20-15)9-19-13-7-5-6-12(8-13)11(3)16-4/h5-8,10-11,16H,9H2,1-4H3. The summed E-state index contributed by atoms with van der Waals surface area (Å²) in [6, 6.07) is 8.28. The zero-order valence-electron chi connectivity index (χ0n) is 12.4. The van der Waals surface area contributed by atoms with E-state index in [1.54, 1.807) is 0 Å². The Balaban J connectivity index is 1.99. The Morgan fingerprint density at radius 2 is 2.10 bits per heavy atom. The third kappa shape index (κ3) is 3.57. The van der Waals surface area contributed by atoms with Crippen molar-refractivity contribution in [2.45, 2.75) is 39.3 Å². The Morgan fingerprint density at radius 1 is 1.30 bits per heavy atom. The van der Waals surface area contributed by atoms with E-state index in [0.29, 0.717) is 18.3 Å². The minimum atomic E-state index is 0.232. The van der Waals surface area contributed by atoms with E-state index in [4.69, 9.17) is 9.26 Å². The maximum absolute atomic E-state index is 5.71. The van der Waals surface area contributed by atoms with E-state index in [1.165, 1.54) is 5.56 Å². The third-order valence-corrected chi connectivity index (χ3v) is 3.14. The predicted molar refractivity (Wildman–Crippen MR) is 76.6 cm³/mol. The van der Waals surface area contributed by atoms with Crippen molar-refractivity contribution in [1.29, 1.82) is 0 Å². The molecule has 0 saturated carbocycles. The Bertz CT molecular complexity index is 552. The molecule has 1 heterocycles. The highest BCUT2D eigenvalue weighted by Gasteiger charge is 2.10. The van der Waals surface area contributed by atoms with Gasteiger partial charge in [0.2, 0.25) is 11.7 Å². The van der Waals surface area contributed by atoms with Crippen molar-refractivity contribution >= 4 is 0 Å². The first-order chi connectivity index (χ1) is 9.60. The number of aromatic nitrogens is 2. The van der Waals surface area contributed by atoms with Gasteiger partial charge in [-0.1, -0.05) is 31.1 Å². The van der Waals surface area contributed by atoms with Crippen LogP contribution in [0.5, 0.6) is 5.75 Å². The van der Waals surface area contributed by atoms with Crippen LogP contribution in [0.15, 0.2) is 28.8 Å². The first-order valence-electron chi connectivity index (χ1n) is 6.82. The molecule has 1 aromatic heterocycles. The minimum absolute atomic E-state index is 0.232. The van der Waals surface area contributed by atoms with Crippen molar-refractivity contribution in [1.82, 2.24) is 15.5 Å². The summed E-state index contributed by atoms with van der Waals surface area (Å²) >= 11 is 0. The zero-order chi connectivity index (χ0) is 14.5. The van der Waals surface area contributed by atoms with E-state index in [2.05, 4.69) is 28.4 Å². The fraction of sp³-hybridized carbons (Fsp3) is 0.467. The van der Waals surface area contributed by atoms with Crippen LogP contribution < -0.4 is 10.1 Å². The van der Waals surface area contributed by atoms with Gasteiger partial charge in [0, 0.05) is 12.0 Å². The van der Waals surface area contributed by atoms with Crippen LogP contribution in [-0.2, 0) is 6.61 Å². The summed E-state index contributed by atoms with van der Waals surface area (Å²) in [5.41, 5.74) is 1.18. The molecule has 1 atom stereocenters. The van der Waals surface area contributed by atoms with Gasteiger partial charge in [0.25, 0.3) is 0 Å². The molecule has 0 bridgehead atoms. The van der Waals surface area contributed by atoms with Crippen LogP contribution in [0.2, 0.25) is 0 Å². The number of hydrogen-bond acceptors (Lipinski definition) is 5. The Kier molecular flexibility index (Phi) is 4.74. The van der Waals surface area contributed by atoms with Crippen LogP contribution in [0.3, 0.4) is 0 Å². The molecular weight excluding hydrogens is 254 g/mol. The Morgan fingerprint density at radius 3 is 2.75 bits per heavy atom. The van der Waals surface area contributed by atoms with Crippen LogP contribution in [0.4, 0.5) is 0 Å². The first-order valence-corrected chi connectivity index (χ1v) is 6.82. The van der Waals surface area contributed by atoms with Gasteiger partial charge in [-0.3, -0.25) is 0 Å². The lowest BCUT2D eigenvalue weighted by atomic mass is 10.1. The molecule has 5 heteroatoms. The Hall–Kier alpha value is -1.88. The average molecular weight is 275 g/mol. The van der Waals surface area contributed by atoms with E-state index in [1.807, 2.05) is 39.1 Å². The summed E-state index contributed by atoms with van der Waals surface area (Å²) in [5, 5.41) is 7.11. The molecule has 0 aliphatic heterocycles. The lowest BCUT2D eigenvalue weighted by Gasteiger charge is -2.12. The highest BCUT2D eigenvalue weighted by molar-refractivity contribution is 5.30. The number of hydrogen-bond donors (Lipinski definition) is 1. The maximum Gasteiger partial charge on any atom is 0.229 e. The second kappa shape index (κ2) is 6.52. The highest BCUT2D eigenvalue weighted by Crippen LogP contribution is 2.19. The van der Waals surface area contributed by atoms with Gasteiger partial charge in [0.1, 0.15) is 5.75 Å². The van der Waals surface area contributed by atoms with Gasteiger partial charge in [-0.25, -0.2) is 0 Å². The molecule has 2 aromatic rings. The van der Waals surface area contributed by atoms with E-state index in [9.17, 15) is 0 Å². The molecule has 0 aliphatic carbocycles. The highest BCUT2D eigenvalue weighted by atomic mass is 16.5. The molecule has 0 fully saturated rings. The summed E-state index contributed by atoms with van der Waals surface area (Å²) < 4.78 is 10.9. The van der Waals surface area contributed by atoms with Crippen molar-refractivity contribution in [3.63, 3.8) is 0 Å². The summed E-state index contributed by atoms with van der Waals surface area (Å²) in [6.45, 7) is 6.45. The number of benzene rings is 1. The topological polar surface area (TPSA) is 60.2 Å². The van der Waals surface area contributed by atoms with Crippen LogP contribution in [0.25, 0.3) is 0 Å². The van der Waals surface area contributed by atoms with Crippen LogP contribution >= 0.6 is 0 Å². The van der Waals surface area contributed by atoms with Crippen molar-refractivity contribution in [3.8, 4) is 5.75 Å². The molecule has 20 heavy (non-hydrogen) atoms. The zero-order valence-corrected chi connectivity index (χ0v) is 12.4. The van der Waals surface area contributed by atoms with E-state index >= 15 is 0 Å². The van der Waals surface area contributed by atoms with Gasteiger partial charge in [-0.2, -0.15) is 4.98 Å². The van der Waals surface area contributed by atoms with Gasteiger partial charge in [0.05, 0.1) is 0 Å². The van der Waals surface area contributed by atoms with E-state index in [-0.39, 0.29) is 12.0 Å². The lowest BCUT2D eigenvalue weighted by molar-refractivity contribution is 0.284. The number of nitrogens with zero attached hydrogens (tertiary/aromatic N) is 2. The summed E-state index contributed by atoms with van der Waals surface area (Å²) in [6.07, 6.45) is 0.